The number of hydrogen-bond acceptors (Lipinski definition) is 4. The summed E-state index contributed by atoms with van der Waals surface area (Å²) in [5.74, 6) is 0.411. The number of nitrogens with zero attached hydrogens (tertiary/aromatic N) is 1. The Hall–Kier alpha value is -1.40. The lowest BCUT2D eigenvalue weighted by Gasteiger charge is -2.22. The van der Waals surface area contributed by atoms with E-state index in [2.05, 4.69) is 20.8 Å². The van der Waals surface area contributed by atoms with Crippen molar-refractivity contribution in [1.82, 2.24) is 15.5 Å². The van der Waals surface area contributed by atoms with E-state index in [0.29, 0.717) is 5.82 Å². The van der Waals surface area contributed by atoms with Gasteiger partial charge in [-0.2, -0.15) is 5.10 Å². The molecule has 6 heteroatoms. The van der Waals surface area contributed by atoms with E-state index in [4.69, 9.17) is 4.74 Å². The molecule has 0 radical (unpaired) electrons. The van der Waals surface area contributed by atoms with Gasteiger partial charge < -0.3 is 15.4 Å². The molecular weight excluding hydrogens is 232 g/mol. The molecule has 0 spiro atoms. The maximum Gasteiger partial charge on any atom is 0.251 e. The minimum Gasteiger partial charge on any atom is -0.368 e. The van der Waals surface area contributed by atoms with Crippen molar-refractivity contribution in [2.45, 2.75) is 32.3 Å². The van der Waals surface area contributed by atoms with Gasteiger partial charge in [0.1, 0.15) is 6.61 Å². The molecule has 18 heavy (non-hydrogen) atoms. The van der Waals surface area contributed by atoms with Crippen LogP contribution in [-0.4, -0.2) is 41.9 Å². The van der Waals surface area contributed by atoms with E-state index in [0.717, 1.165) is 38.0 Å². The van der Waals surface area contributed by atoms with Crippen LogP contribution in [-0.2, 0) is 16.0 Å². The molecule has 1 saturated heterocycles. The highest BCUT2D eigenvalue weighted by Crippen LogP contribution is 2.08. The van der Waals surface area contributed by atoms with E-state index in [1.165, 1.54) is 0 Å². The first-order valence-electron chi connectivity index (χ1n) is 6.44. The van der Waals surface area contributed by atoms with Gasteiger partial charge in [0.15, 0.2) is 5.82 Å². The van der Waals surface area contributed by atoms with Gasteiger partial charge in [0.05, 0.1) is 6.10 Å². The zero-order valence-electron chi connectivity index (χ0n) is 10.7. The minimum atomic E-state index is -0.150. The van der Waals surface area contributed by atoms with Crippen LogP contribution in [0.1, 0.15) is 25.5 Å². The summed E-state index contributed by atoms with van der Waals surface area (Å²) in [4.78, 5) is 11.6. The van der Waals surface area contributed by atoms with Crippen molar-refractivity contribution in [2.24, 2.45) is 0 Å². The number of piperidine rings is 1. The highest BCUT2D eigenvalue weighted by Gasteiger charge is 2.15. The number of ether oxygens (including phenoxy) is 1. The fourth-order valence-electron chi connectivity index (χ4n) is 1.94. The Balaban J connectivity index is 1.71. The van der Waals surface area contributed by atoms with E-state index >= 15 is 0 Å². The Morgan fingerprint density at radius 1 is 1.56 bits per heavy atom. The van der Waals surface area contributed by atoms with E-state index in [1.54, 1.807) is 0 Å². The molecule has 0 saturated carbocycles. The molecular formula is C12H20N4O2. The summed E-state index contributed by atoms with van der Waals surface area (Å²) < 4.78 is 5.56. The van der Waals surface area contributed by atoms with E-state index in [1.807, 2.05) is 13.0 Å². The standard InChI is InChI=1S/C12H20N4O2/c1-2-9-7-11(16-15-9)14-12(17)8-18-10-3-5-13-6-4-10/h7,10,13H,2-6,8H2,1H3,(H2,14,15,16,17). The van der Waals surface area contributed by atoms with Crippen LogP contribution >= 0.6 is 0 Å². The number of anilines is 1. The van der Waals surface area contributed by atoms with Crippen molar-refractivity contribution < 1.29 is 9.53 Å². The molecule has 100 valence electrons. The molecule has 1 aliphatic rings. The SMILES string of the molecule is CCc1cc(NC(=O)COC2CCNCC2)n[nH]1. The van der Waals surface area contributed by atoms with Crippen LogP contribution in [0, 0.1) is 0 Å². The van der Waals surface area contributed by atoms with Gasteiger partial charge in [-0.3, -0.25) is 9.89 Å². The third kappa shape index (κ3) is 3.82. The summed E-state index contributed by atoms with van der Waals surface area (Å²) in [6.07, 6.45) is 3.00. The maximum atomic E-state index is 11.6. The maximum absolute atomic E-state index is 11.6. The van der Waals surface area contributed by atoms with E-state index in [9.17, 15) is 4.79 Å². The summed E-state index contributed by atoms with van der Waals surface area (Å²) in [5.41, 5.74) is 1.00. The normalized spacial score (nSPS) is 16.7. The molecule has 6 nitrogen and oxygen atoms in total. The first kappa shape index (κ1) is 13.0. The van der Waals surface area contributed by atoms with E-state index < -0.39 is 0 Å². The smallest absolute Gasteiger partial charge is 0.251 e. The van der Waals surface area contributed by atoms with Gasteiger partial charge in [-0.15, -0.1) is 0 Å². The third-order valence-corrected chi connectivity index (χ3v) is 3.02. The largest absolute Gasteiger partial charge is 0.368 e. The predicted octanol–water partition coefficient (Wildman–Crippen LogP) is 0.679. The van der Waals surface area contributed by atoms with Crippen molar-refractivity contribution in [3.05, 3.63) is 11.8 Å². The van der Waals surface area contributed by atoms with Gasteiger partial charge in [-0.25, -0.2) is 0 Å². The molecule has 3 N–H and O–H groups in total. The first-order chi connectivity index (χ1) is 8.78. The lowest BCUT2D eigenvalue weighted by atomic mass is 10.1. The molecule has 0 aliphatic carbocycles. The first-order valence-corrected chi connectivity index (χ1v) is 6.44. The van der Waals surface area contributed by atoms with Gasteiger partial charge in [0, 0.05) is 11.8 Å². The fourth-order valence-corrected chi connectivity index (χ4v) is 1.94. The zero-order chi connectivity index (χ0) is 12.8. The molecule has 1 fully saturated rings. The van der Waals surface area contributed by atoms with Crippen LogP contribution in [0.5, 0.6) is 0 Å². The molecule has 0 aromatic carbocycles. The lowest BCUT2D eigenvalue weighted by molar-refractivity contribution is -0.123. The van der Waals surface area contributed by atoms with Crippen molar-refractivity contribution in [3.63, 3.8) is 0 Å². The summed E-state index contributed by atoms with van der Waals surface area (Å²) in [6.45, 7) is 4.05. The number of nitrogens with one attached hydrogen (secondary N) is 3. The highest BCUT2D eigenvalue weighted by atomic mass is 16.5. The van der Waals surface area contributed by atoms with Crippen molar-refractivity contribution in [2.75, 3.05) is 25.0 Å². The van der Waals surface area contributed by atoms with Crippen LogP contribution in [0.15, 0.2) is 6.07 Å². The Labute approximate surface area is 106 Å². The van der Waals surface area contributed by atoms with Gasteiger partial charge >= 0.3 is 0 Å². The molecule has 0 bridgehead atoms. The second-order valence-corrected chi connectivity index (χ2v) is 4.44. The fraction of sp³-hybridized carbons (Fsp3) is 0.667. The van der Waals surface area contributed by atoms with Gasteiger partial charge in [-0.1, -0.05) is 6.92 Å². The summed E-state index contributed by atoms with van der Waals surface area (Å²) in [6, 6.07) is 1.84. The topological polar surface area (TPSA) is 79.0 Å². The van der Waals surface area contributed by atoms with Crippen LogP contribution < -0.4 is 10.6 Å². The molecule has 0 unspecified atom stereocenters. The molecule has 1 aromatic heterocycles. The minimum absolute atomic E-state index is 0.0962. The van der Waals surface area contributed by atoms with Crippen molar-refractivity contribution in [3.8, 4) is 0 Å². The quantitative estimate of drug-likeness (QED) is 0.720. The second kappa shape index (κ2) is 6.51. The molecule has 0 atom stereocenters. The average molecular weight is 252 g/mol. The summed E-state index contributed by atoms with van der Waals surface area (Å²) in [5, 5.41) is 12.8. The van der Waals surface area contributed by atoms with Gasteiger partial charge in [0.25, 0.3) is 5.91 Å². The van der Waals surface area contributed by atoms with Crippen LogP contribution in [0.2, 0.25) is 0 Å². The van der Waals surface area contributed by atoms with Crippen molar-refractivity contribution >= 4 is 11.7 Å². The zero-order valence-corrected chi connectivity index (χ0v) is 10.7. The average Bonchev–Trinajstić information content (AvgIpc) is 2.85. The molecule has 2 heterocycles. The Morgan fingerprint density at radius 3 is 3.00 bits per heavy atom. The number of aryl methyl sites for hydroxylation is 1. The number of hydrogen-bond donors (Lipinski definition) is 3. The summed E-state index contributed by atoms with van der Waals surface area (Å²) >= 11 is 0. The van der Waals surface area contributed by atoms with Crippen LogP contribution in [0.25, 0.3) is 0 Å². The molecule has 1 aliphatic heterocycles. The van der Waals surface area contributed by atoms with Crippen LogP contribution in [0.3, 0.4) is 0 Å². The number of aromatic amines is 1. The van der Waals surface area contributed by atoms with Crippen molar-refractivity contribution in [1.29, 1.82) is 0 Å². The second-order valence-electron chi connectivity index (χ2n) is 4.44. The number of H-pyrrole nitrogens is 1. The van der Waals surface area contributed by atoms with Crippen LogP contribution in [0.4, 0.5) is 5.82 Å². The third-order valence-electron chi connectivity index (χ3n) is 3.02. The lowest BCUT2D eigenvalue weighted by Crippen LogP contribution is -2.34. The molecule has 2 rings (SSSR count). The summed E-state index contributed by atoms with van der Waals surface area (Å²) in [7, 11) is 0. The van der Waals surface area contributed by atoms with Gasteiger partial charge in [-0.05, 0) is 32.4 Å². The monoisotopic (exact) mass is 252 g/mol. The molecule has 1 aromatic rings. The number of carbonyl (C=O) groups is 1. The predicted molar refractivity (Wildman–Crippen MR) is 68.4 cm³/mol. The Morgan fingerprint density at radius 2 is 2.33 bits per heavy atom. The number of aromatic nitrogens is 2. The molecule has 1 amide bonds. The number of amides is 1. The highest BCUT2D eigenvalue weighted by molar-refractivity contribution is 5.90. The van der Waals surface area contributed by atoms with E-state index in [-0.39, 0.29) is 18.6 Å². The van der Waals surface area contributed by atoms with Gasteiger partial charge in [0.2, 0.25) is 0 Å². The Bertz CT molecular complexity index is 385. The number of carbonyl (C=O) groups excluding carboxylic acids is 1. The number of rotatable bonds is 5. The Kier molecular flexibility index (Phi) is 4.72.